The maximum atomic E-state index is 4.50. The molecule has 17 heavy (non-hydrogen) atoms. The molecule has 3 aromatic rings. The summed E-state index contributed by atoms with van der Waals surface area (Å²) in [6.45, 7) is 3.05. The molecule has 0 saturated carbocycles. The lowest BCUT2D eigenvalue weighted by Crippen LogP contribution is -1.98. The zero-order valence-corrected chi connectivity index (χ0v) is 10.2. The number of nitrogens with one attached hydrogen (secondary N) is 1. The van der Waals surface area contributed by atoms with Crippen molar-refractivity contribution < 1.29 is 0 Å². The van der Waals surface area contributed by atoms with Crippen molar-refractivity contribution in [3.05, 3.63) is 18.5 Å². The molecule has 0 amide bonds. The predicted molar refractivity (Wildman–Crippen MR) is 69.2 cm³/mol. The number of hydrogen-bond donors (Lipinski definition) is 1. The van der Waals surface area contributed by atoms with E-state index < -0.39 is 0 Å². The van der Waals surface area contributed by atoms with Crippen LogP contribution in [-0.4, -0.2) is 26.1 Å². The summed E-state index contributed by atoms with van der Waals surface area (Å²) in [6, 6.07) is 2.11. The number of rotatable bonds is 2. The Balaban J connectivity index is 2.46. The monoisotopic (exact) mass is 229 g/mol. The van der Waals surface area contributed by atoms with Gasteiger partial charge in [0.2, 0.25) is 5.95 Å². The highest BCUT2D eigenvalue weighted by Crippen LogP contribution is 2.26. The molecule has 5 heteroatoms. The fourth-order valence-corrected chi connectivity index (χ4v) is 2.32. The smallest absolute Gasteiger partial charge is 0.203 e. The van der Waals surface area contributed by atoms with E-state index in [4.69, 9.17) is 0 Å². The molecule has 0 fully saturated rings. The van der Waals surface area contributed by atoms with Crippen LogP contribution < -0.4 is 5.32 Å². The van der Waals surface area contributed by atoms with Crippen molar-refractivity contribution >= 4 is 28.0 Å². The summed E-state index contributed by atoms with van der Waals surface area (Å²) >= 11 is 0. The van der Waals surface area contributed by atoms with Crippen LogP contribution in [0.5, 0.6) is 0 Å². The zero-order valence-electron chi connectivity index (χ0n) is 10.2. The van der Waals surface area contributed by atoms with Crippen LogP contribution >= 0.6 is 0 Å². The number of imidazole rings is 1. The number of aryl methyl sites for hydroxylation is 2. The zero-order chi connectivity index (χ0) is 12.0. The standard InChI is InChI=1S/C12H15N5/c1-4-17-6-5-8-10-9(7-14-11(8)17)15-12(13-2)16(10)3/h5-7H,4H2,1-3H3,(H,13,15). The maximum absolute atomic E-state index is 4.50. The Hall–Kier alpha value is -2.04. The minimum absolute atomic E-state index is 0.860. The minimum Gasteiger partial charge on any atom is -0.359 e. The third-order valence-electron chi connectivity index (χ3n) is 3.18. The third-order valence-corrected chi connectivity index (χ3v) is 3.18. The van der Waals surface area contributed by atoms with Crippen LogP contribution in [0.4, 0.5) is 5.95 Å². The number of hydrogen-bond acceptors (Lipinski definition) is 3. The molecule has 0 unspecified atom stereocenters. The van der Waals surface area contributed by atoms with Crippen LogP contribution in [0.1, 0.15) is 6.92 Å². The van der Waals surface area contributed by atoms with Crippen LogP contribution in [-0.2, 0) is 13.6 Å². The molecule has 0 aliphatic heterocycles. The topological polar surface area (TPSA) is 47.7 Å². The van der Waals surface area contributed by atoms with Crippen LogP contribution in [0.2, 0.25) is 0 Å². The van der Waals surface area contributed by atoms with Crippen molar-refractivity contribution in [1.29, 1.82) is 0 Å². The second kappa shape index (κ2) is 3.48. The summed E-state index contributed by atoms with van der Waals surface area (Å²) in [5, 5.41) is 4.24. The van der Waals surface area contributed by atoms with Gasteiger partial charge in [-0.25, -0.2) is 9.97 Å². The lowest BCUT2D eigenvalue weighted by Gasteiger charge is -2.02. The van der Waals surface area contributed by atoms with Crippen LogP contribution in [0.3, 0.4) is 0 Å². The predicted octanol–water partition coefficient (Wildman–Crippen LogP) is 1.98. The largest absolute Gasteiger partial charge is 0.359 e. The van der Waals surface area contributed by atoms with Gasteiger partial charge in [0.1, 0.15) is 11.2 Å². The molecule has 88 valence electrons. The molecule has 3 rings (SSSR count). The second-order valence-electron chi connectivity index (χ2n) is 4.08. The van der Waals surface area contributed by atoms with Crippen molar-refractivity contribution in [2.45, 2.75) is 13.5 Å². The van der Waals surface area contributed by atoms with E-state index in [1.807, 2.05) is 20.3 Å². The Morgan fingerprint density at radius 2 is 2.24 bits per heavy atom. The van der Waals surface area contributed by atoms with Crippen molar-refractivity contribution in [3.8, 4) is 0 Å². The van der Waals surface area contributed by atoms with Gasteiger partial charge >= 0.3 is 0 Å². The first kappa shape index (κ1) is 10.1. The van der Waals surface area contributed by atoms with Crippen LogP contribution in [0.15, 0.2) is 18.5 Å². The second-order valence-corrected chi connectivity index (χ2v) is 4.08. The molecule has 0 bridgehead atoms. The normalized spacial score (nSPS) is 11.5. The summed E-state index contributed by atoms with van der Waals surface area (Å²) in [6.07, 6.45) is 3.91. The molecule has 5 nitrogen and oxygen atoms in total. The molecule has 1 N–H and O–H groups in total. The fraction of sp³-hybridized carbons (Fsp3) is 0.333. The van der Waals surface area contributed by atoms with Crippen molar-refractivity contribution in [3.63, 3.8) is 0 Å². The Morgan fingerprint density at radius 3 is 2.94 bits per heavy atom. The number of nitrogens with zero attached hydrogens (tertiary/aromatic N) is 4. The molecular weight excluding hydrogens is 214 g/mol. The lowest BCUT2D eigenvalue weighted by molar-refractivity contribution is 0.788. The number of pyridine rings is 1. The Bertz CT molecular complexity index is 692. The SMILES string of the molecule is CCn1ccc2c1ncc1nc(NC)n(C)c12. The van der Waals surface area contributed by atoms with E-state index in [1.165, 1.54) is 0 Å². The molecule has 0 spiro atoms. The van der Waals surface area contributed by atoms with Gasteiger partial charge in [-0.05, 0) is 13.0 Å². The molecule has 0 aliphatic carbocycles. The van der Waals surface area contributed by atoms with E-state index in [1.54, 1.807) is 0 Å². The lowest BCUT2D eigenvalue weighted by atomic mass is 10.3. The molecule has 3 aromatic heterocycles. The van der Waals surface area contributed by atoms with Crippen LogP contribution in [0.25, 0.3) is 22.1 Å². The van der Waals surface area contributed by atoms with Gasteiger partial charge in [-0.2, -0.15) is 0 Å². The summed E-state index contributed by atoms with van der Waals surface area (Å²) < 4.78 is 4.21. The fourth-order valence-electron chi connectivity index (χ4n) is 2.32. The maximum Gasteiger partial charge on any atom is 0.203 e. The summed E-state index contributed by atoms with van der Waals surface area (Å²) in [4.78, 5) is 8.98. The van der Waals surface area contributed by atoms with Crippen LogP contribution in [0, 0.1) is 0 Å². The average Bonchev–Trinajstić information content (AvgIpc) is 2.89. The van der Waals surface area contributed by atoms with Gasteiger partial charge < -0.3 is 14.5 Å². The first-order valence-electron chi connectivity index (χ1n) is 5.74. The first-order chi connectivity index (χ1) is 8.26. The van der Waals surface area contributed by atoms with Gasteiger partial charge in [0.05, 0.1) is 11.7 Å². The van der Waals surface area contributed by atoms with E-state index >= 15 is 0 Å². The van der Waals surface area contributed by atoms with Gasteiger partial charge in [0, 0.05) is 32.2 Å². The third kappa shape index (κ3) is 1.25. The highest BCUT2D eigenvalue weighted by Gasteiger charge is 2.12. The van der Waals surface area contributed by atoms with E-state index in [9.17, 15) is 0 Å². The minimum atomic E-state index is 0.860. The Kier molecular flexibility index (Phi) is 2.07. The molecule has 0 radical (unpaired) electrons. The molecular formula is C12H15N5. The number of anilines is 1. The first-order valence-corrected chi connectivity index (χ1v) is 5.74. The molecule has 0 aliphatic rings. The molecule has 3 heterocycles. The number of aromatic nitrogens is 4. The van der Waals surface area contributed by atoms with E-state index in [0.29, 0.717) is 0 Å². The van der Waals surface area contributed by atoms with E-state index in [0.717, 1.165) is 34.6 Å². The van der Waals surface area contributed by atoms with Crippen molar-refractivity contribution in [1.82, 2.24) is 19.1 Å². The van der Waals surface area contributed by atoms with Gasteiger partial charge in [0.25, 0.3) is 0 Å². The summed E-state index contributed by atoms with van der Waals surface area (Å²) in [7, 11) is 3.90. The molecule has 0 atom stereocenters. The highest BCUT2D eigenvalue weighted by atomic mass is 15.2. The summed E-state index contributed by atoms with van der Waals surface area (Å²) in [5.41, 5.74) is 3.08. The van der Waals surface area contributed by atoms with Gasteiger partial charge in [-0.3, -0.25) is 0 Å². The van der Waals surface area contributed by atoms with Gasteiger partial charge in [-0.15, -0.1) is 0 Å². The summed E-state index contributed by atoms with van der Waals surface area (Å²) in [5.74, 6) is 0.860. The molecule has 0 aromatic carbocycles. The van der Waals surface area contributed by atoms with E-state index in [-0.39, 0.29) is 0 Å². The number of fused-ring (bicyclic) bond motifs is 3. The van der Waals surface area contributed by atoms with Gasteiger partial charge in [-0.1, -0.05) is 0 Å². The Morgan fingerprint density at radius 1 is 1.41 bits per heavy atom. The highest BCUT2D eigenvalue weighted by molar-refractivity contribution is 6.02. The Labute approximate surface area is 99.1 Å². The average molecular weight is 229 g/mol. The van der Waals surface area contributed by atoms with Crippen molar-refractivity contribution in [2.24, 2.45) is 7.05 Å². The molecule has 0 saturated heterocycles. The van der Waals surface area contributed by atoms with E-state index in [2.05, 4.69) is 43.6 Å². The van der Waals surface area contributed by atoms with Crippen molar-refractivity contribution in [2.75, 3.05) is 12.4 Å². The quantitative estimate of drug-likeness (QED) is 0.731. The van der Waals surface area contributed by atoms with Gasteiger partial charge in [0.15, 0.2) is 0 Å².